The van der Waals surface area contributed by atoms with Gasteiger partial charge in [-0.2, -0.15) is 0 Å². The van der Waals surface area contributed by atoms with Crippen LogP contribution in [-0.4, -0.2) is 42.8 Å². The summed E-state index contributed by atoms with van der Waals surface area (Å²) in [5, 5.41) is 3.63. The topological polar surface area (TPSA) is 50.8 Å². The van der Waals surface area contributed by atoms with Crippen LogP contribution in [0.15, 0.2) is 24.3 Å². The average Bonchev–Trinajstić information content (AvgIpc) is 2.53. The molecule has 2 rings (SSSR count). The molecule has 1 aliphatic heterocycles. The molecule has 0 spiro atoms. The summed E-state index contributed by atoms with van der Waals surface area (Å²) in [5.41, 5.74) is 0.763. The van der Waals surface area contributed by atoms with Crippen LogP contribution in [0.2, 0.25) is 0 Å². The van der Waals surface area contributed by atoms with Crippen molar-refractivity contribution in [2.75, 3.05) is 20.2 Å². The molecule has 2 atom stereocenters. The van der Waals surface area contributed by atoms with Crippen LogP contribution >= 0.6 is 0 Å². The molecule has 0 saturated carbocycles. The highest BCUT2D eigenvalue weighted by atomic mass is 16.6. The highest BCUT2D eigenvalue weighted by Crippen LogP contribution is 2.21. The van der Waals surface area contributed by atoms with Crippen molar-refractivity contribution in [3.63, 3.8) is 0 Å². The number of likely N-dealkylation sites (tertiary alicyclic amines) is 1. The fourth-order valence-electron chi connectivity index (χ4n) is 2.95. The van der Waals surface area contributed by atoms with Crippen LogP contribution in [0.25, 0.3) is 0 Å². The van der Waals surface area contributed by atoms with Crippen molar-refractivity contribution in [2.45, 2.75) is 58.2 Å². The molecule has 1 fully saturated rings. The number of amides is 1. The molecule has 2 unspecified atom stereocenters. The molecule has 24 heavy (non-hydrogen) atoms. The Morgan fingerprint density at radius 1 is 1.29 bits per heavy atom. The third-order valence-corrected chi connectivity index (χ3v) is 4.17. The molecule has 134 valence electrons. The van der Waals surface area contributed by atoms with Gasteiger partial charge in [0.25, 0.3) is 0 Å². The van der Waals surface area contributed by atoms with Gasteiger partial charge in [0.05, 0.1) is 7.11 Å². The van der Waals surface area contributed by atoms with Gasteiger partial charge in [-0.05, 0) is 58.2 Å². The van der Waals surface area contributed by atoms with Crippen LogP contribution < -0.4 is 10.1 Å². The van der Waals surface area contributed by atoms with E-state index < -0.39 is 5.60 Å². The highest BCUT2D eigenvalue weighted by Gasteiger charge is 2.28. The van der Waals surface area contributed by atoms with Crippen molar-refractivity contribution < 1.29 is 14.3 Å². The second-order valence-corrected chi connectivity index (χ2v) is 7.43. The number of methoxy groups -OCH3 is 1. The first kappa shape index (κ1) is 18.6. The molecule has 5 nitrogen and oxygen atoms in total. The summed E-state index contributed by atoms with van der Waals surface area (Å²) in [5.74, 6) is 0.861. The maximum Gasteiger partial charge on any atom is 0.410 e. The molecule has 1 heterocycles. The number of nitrogens with zero attached hydrogens (tertiary/aromatic N) is 1. The van der Waals surface area contributed by atoms with Crippen LogP contribution in [0, 0.1) is 0 Å². The van der Waals surface area contributed by atoms with Gasteiger partial charge in [-0.25, -0.2) is 4.79 Å². The SMILES string of the molecule is COc1ccc(C(C)NC2CCCN(C(=O)OC(C)(C)C)C2)cc1. The number of piperidine rings is 1. The molecule has 1 aromatic rings. The summed E-state index contributed by atoms with van der Waals surface area (Å²) >= 11 is 0. The number of nitrogens with one attached hydrogen (secondary N) is 1. The molecule has 1 aliphatic rings. The fraction of sp³-hybridized carbons (Fsp3) is 0.632. The number of hydrogen-bond acceptors (Lipinski definition) is 4. The molecular formula is C19H30N2O3. The number of hydrogen-bond donors (Lipinski definition) is 1. The zero-order valence-corrected chi connectivity index (χ0v) is 15.5. The minimum atomic E-state index is -0.451. The molecule has 1 N–H and O–H groups in total. The number of ether oxygens (including phenoxy) is 2. The molecule has 5 heteroatoms. The second-order valence-electron chi connectivity index (χ2n) is 7.43. The summed E-state index contributed by atoms with van der Waals surface area (Å²) < 4.78 is 10.7. The fourth-order valence-corrected chi connectivity index (χ4v) is 2.95. The molecule has 0 radical (unpaired) electrons. The molecule has 0 bridgehead atoms. The lowest BCUT2D eigenvalue weighted by atomic mass is 10.0. The third kappa shape index (κ3) is 5.41. The number of carbonyl (C=O) groups excluding carboxylic acids is 1. The Morgan fingerprint density at radius 3 is 2.54 bits per heavy atom. The van der Waals surface area contributed by atoms with Gasteiger partial charge in [0, 0.05) is 25.2 Å². The van der Waals surface area contributed by atoms with E-state index in [1.165, 1.54) is 5.56 Å². The zero-order valence-electron chi connectivity index (χ0n) is 15.5. The largest absolute Gasteiger partial charge is 0.497 e. The number of benzene rings is 1. The van der Waals surface area contributed by atoms with Crippen LogP contribution in [0.1, 0.15) is 52.1 Å². The van der Waals surface area contributed by atoms with Crippen molar-refractivity contribution in [3.05, 3.63) is 29.8 Å². The second kappa shape index (κ2) is 7.88. The Balaban J connectivity index is 1.90. The van der Waals surface area contributed by atoms with E-state index in [-0.39, 0.29) is 18.2 Å². The van der Waals surface area contributed by atoms with Gasteiger partial charge >= 0.3 is 6.09 Å². The minimum absolute atomic E-state index is 0.217. The Hall–Kier alpha value is -1.75. The highest BCUT2D eigenvalue weighted by molar-refractivity contribution is 5.68. The van der Waals surface area contributed by atoms with Gasteiger partial charge in [-0.1, -0.05) is 12.1 Å². The van der Waals surface area contributed by atoms with Gasteiger partial charge < -0.3 is 19.7 Å². The lowest BCUT2D eigenvalue weighted by Crippen LogP contribution is -2.49. The minimum Gasteiger partial charge on any atom is -0.497 e. The summed E-state index contributed by atoms with van der Waals surface area (Å²) in [7, 11) is 1.67. The van der Waals surface area contributed by atoms with Crippen molar-refractivity contribution in [2.24, 2.45) is 0 Å². The molecular weight excluding hydrogens is 304 g/mol. The van der Waals surface area contributed by atoms with Crippen molar-refractivity contribution in [1.82, 2.24) is 10.2 Å². The Bertz CT molecular complexity index is 537. The van der Waals surface area contributed by atoms with Crippen LogP contribution in [0.5, 0.6) is 5.75 Å². The number of rotatable bonds is 4. The predicted octanol–water partition coefficient (Wildman–Crippen LogP) is 3.75. The summed E-state index contributed by atoms with van der Waals surface area (Å²) in [4.78, 5) is 14.1. The smallest absolute Gasteiger partial charge is 0.410 e. The van der Waals surface area contributed by atoms with Gasteiger partial charge in [0.2, 0.25) is 0 Å². The Morgan fingerprint density at radius 2 is 1.96 bits per heavy atom. The monoisotopic (exact) mass is 334 g/mol. The van der Waals surface area contributed by atoms with Crippen molar-refractivity contribution in [1.29, 1.82) is 0 Å². The van der Waals surface area contributed by atoms with Gasteiger partial charge in [0.15, 0.2) is 0 Å². The van der Waals surface area contributed by atoms with E-state index in [1.807, 2.05) is 37.8 Å². The first-order valence-electron chi connectivity index (χ1n) is 8.66. The molecule has 0 aromatic heterocycles. The standard InChI is InChI=1S/C19H30N2O3/c1-14(15-8-10-17(23-5)11-9-15)20-16-7-6-12-21(13-16)18(22)24-19(2,3)4/h8-11,14,16,20H,6-7,12-13H2,1-5H3. The van der Waals surface area contributed by atoms with E-state index in [0.717, 1.165) is 25.1 Å². The summed E-state index contributed by atoms with van der Waals surface area (Å²) in [6.07, 6.45) is 1.84. The van der Waals surface area contributed by atoms with E-state index in [1.54, 1.807) is 7.11 Å². The lowest BCUT2D eigenvalue weighted by molar-refractivity contribution is 0.0184. The molecule has 0 aliphatic carbocycles. The van der Waals surface area contributed by atoms with E-state index in [4.69, 9.17) is 9.47 Å². The first-order valence-corrected chi connectivity index (χ1v) is 8.66. The predicted molar refractivity (Wildman–Crippen MR) is 95.4 cm³/mol. The summed E-state index contributed by atoms with van der Waals surface area (Å²) in [6, 6.07) is 8.60. The van der Waals surface area contributed by atoms with E-state index >= 15 is 0 Å². The Labute approximate surface area is 145 Å². The number of carbonyl (C=O) groups is 1. The van der Waals surface area contributed by atoms with Crippen molar-refractivity contribution in [3.8, 4) is 5.75 Å². The normalized spacial score (nSPS) is 19.7. The van der Waals surface area contributed by atoms with Gasteiger partial charge in [0.1, 0.15) is 11.4 Å². The molecule has 1 saturated heterocycles. The maximum atomic E-state index is 12.2. The van der Waals surface area contributed by atoms with Crippen molar-refractivity contribution >= 4 is 6.09 Å². The Kier molecular flexibility index (Phi) is 6.10. The average molecular weight is 334 g/mol. The first-order chi connectivity index (χ1) is 11.3. The zero-order chi connectivity index (χ0) is 17.7. The van der Waals surface area contributed by atoms with Gasteiger partial charge in [-0.3, -0.25) is 0 Å². The van der Waals surface area contributed by atoms with Crippen LogP contribution in [0.4, 0.5) is 4.79 Å². The summed E-state index contributed by atoms with van der Waals surface area (Å²) in [6.45, 7) is 9.30. The van der Waals surface area contributed by atoms with Crippen LogP contribution in [0.3, 0.4) is 0 Å². The van der Waals surface area contributed by atoms with E-state index in [9.17, 15) is 4.79 Å². The quantitative estimate of drug-likeness (QED) is 0.911. The van der Waals surface area contributed by atoms with Crippen LogP contribution in [-0.2, 0) is 4.74 Å². The third-order valence-electron chi connectivity index (χ3n) is 4.17. The molecule has 1 amide bonds. The van der Waals surface area contributed by atoms with Gasteiger partial charge in [-0.15, -0.1) is 0 Å². The lowest BCUT2D eigenvalue weighted by Gasteiger charge is -2.35. The maximum absolute atomic E-state index is 12.2. The van der Waals surface area contributed by atoms with E-state index in [0.29, 0.717) is 6.54 Å². The molecule has 1 aromatic carbocycles. The van der Waals surface area contributed by atoms with E-state index in [2.05, 4.69) is 24.4 Å².